The van der Waals surface area contributed by atoms with E-state index in [1.807, 2.05) is 13.0 Å². The summed E-state index contributed by atoms with van der Waals surface area (Å²) < 4.78 is 5.16. The van der Waals surface area contributed by atoms with Crippen LogP contribution in [0.2, 0.25) is 0 Å². The van der Waals surface area contributed by atoms with Gasteiger partial charge in [-0.15, -0.1) is 12.4 Å². The van der Waals surface area contributed by atoms with Crippen molar-refractivity contribution in [2.45, 2.75) is 19.9 Å². The lowest BCUT2D eigenvalue weighted by molar-refractivity contribution is 0.102. The number of pyridine rings is 1. The number of amides is 1. The van der Waals surface area contributed by atoms with Crippen LogP contribution in [0, 0.1) is 6.92 Å². The van der Waals surface area contributed by atoms with Crippen molar-refractivity contribution in [2.75, 3.05) is 19.0 Å². The number of aryl methyl sites for hydroxylation is 1. The molecule has 0 aromatic carbocycles. The van der Waals surface area contributed by atoms with Crippen LogP contribution in [0.15, 0.2) is 12.3 Å². The van der Waals surface area contributed by atoms with Crippen molar-refractivity contribution in [1.29, 1.82) is 0 Å². The number of fused-ring (bicyclic) bond motifs is 1. The molecule has 0 fully saturated rings. The number of H-pyrrole nitrogens is 1. The van der Waals surface area contributed by atoms with Gasteiger partial charge in [0.25, 0.3) is 5.91 Å². The van der Waals surface area contributed by atoms with Gasteiger partial charge < -0.3 is 15.4 Å². The maximum absolute atomic E-state index is 12.4. The smallest absolute Gasteiger partial charge is 0.276 e. The zero-order valence-electron chi connectivity index (χ0n) is 12.4. The molecular formula is C14H18ClN5O2. The molecule has 3 heterocycles. The number of hydrogen-bond acceptors (Lipinski definition) is 5. The van der Waals surface area contributed by atoms with Gasteiger partial charge >= 0.3 is 0 Å². The summed E-state index contributed by atoms with van der Waals surface area (Å²) in [5, 5.41) is 13.1. The minimum atomic E-state index is -0.262. The first kappa shape index (κ1) is 16.3. The molecule has 0 radical (unpaired) electrons. The van der Waals surface area contributed by atoms with E-state index < -0.39 is 0 Å². The van der Waals surface area contributed by atoms with Crippen LogP contribution in [0.4, 0.5) is 5.69 Å². The maximum Gasteiger partial charge on any atom is 0.276 e. The van der Waals surface area contributed by atoms with Crippen LogP contribution in [0.25, 0.3) is 0 Å². The third kappa shape index (κ3) is 3.05. The molecule has 118 valence electrons. The molecular weight excluding hydrogens is 306 g/mol. The monoisotopic (exact) mass is 323 g/mol. The normalized spacial score (nSPS) is 13.0. The fourth-order valence-electron chi connectivity index (χ4n) is 2.40. The summed E-state index contributed by atoms with van der Waals surface area (Å²) in [6.07, 6.45) is 2.54. The first-order chi connectivity index (χ1) is 10.2. The van der Waals surface area contributed by atoms with Crippen LogP contribution in [0.1, 0.15) is 27.3 Å². The van der Waals surface area contributed by atoms with Gasteiger partial charge in [0.15, 0.2) is 5.69 Å². The summed E-state index contributed by atoms with van der Waals surface area (Å²) in [5.41, 5.74) is 3.85. The Bertz CT molecular complexity index is 686. The SMILES string of the molecule is COc1ncc(C)cc1NC(=O)c1n[nH]c2c1CNCC2.Cl. The van der Waals surface area contributed by atoms with Crippen LogP contribution in [0.5, 0.6) is 5.88 Å². The number of hydrogen-bond donors (Lipinski definition) is 3. The topological polar surface area (TPSA) is 91.9 Å². The second-order valence-corrected chi connectivity index (χ2v) is 4.98. The molecule has 0 unspecified atom stereocenters. The van der Waals surface area contributed by atoms with Crippen LogP contribution in [-0.2, 0) is 13.0 Å². The molecule has 2 aromatic rings. The van der Waals surface area contributed by atoms with E-state index in [0.717, 1.165) is 29.8 Å². The van der Waals surface area contributed by atoms with Gasteiger partial charge in [0.05, 0.1) is 7.11 Å². The Hall–Kier alpha value is -2.12. The summed E-state index contributed by atoms with van der Waals surface area (Å²) >= 11 is 0. The Kier molecular flexibility index (Phi) is 4.99. The Balaban J connectivity index is 0.00000176. The van der Waals surface area contributed by atoms with Gasteiger partial charge in [-0.25, -0.2) is 4.98 Å². The molecule has 7 nitrogen and oxygen atoms in total. The summed E-state index contributed by atoms with van der Waals surface area (Å²) in [6, 6.07) is 1.82. The molecule has 22 heavy (non-hydrogen) atoms. The van der Waals surface area contributed by atoms with Gasteiger partial charge in [0.2, 0.25) is 5.88 Å². The third-order valence-corrected chi connectivity index (χ3v) is 3.45. The molecule has 0 saturated carbocycles. The number of nitrogens with zero attached hydrogens (tertiary/aromatic N) is 2. The summed E-state index contributed by atoms with van der Waals surface area (Å²) in [6.45, 7) is 3.45. The molecule has 1 amide bonds. The van der Waals surface area contributed by atoms with Gasteiger partial charge in [-0.05, 0) is 18.6 Å². The number of aromatic amines is 1. The first-order valence-electron chi connectivity index (χ1n) is 6.78. The summed E-state index contributed by atoms with van der Waals surface area (Å²) in [4.78, 5) is 16.6. The van der Waals surface area contributed by atoms with Crippen molar-refractivity contribution in [3.63, 3.8) is 0 Å². The average Bonchev–Trinajstić information content (AvgIpc) is 2.91. The second kappa shape index (κ2) is 6.76. The molecule has 3 N–H and O–H groups in total. The lowest BCUT2D eigenvalue weighted by Gasteiger charge is -2.13. The molecule has 1 aliphatic rings. The van der Waals surface area contributed by atoms with Crippen molar-refractivity contribution in [3.8, 4) is 5.88 Å². The molecule has 1 aliphatic heterocycles. The van der Waals surface area contributed by atoms with Gasteiger partial charge in [-0.1, -0.05) is 0 Å². The highest BCUT2D eigenvalue weighted by atomic mass is 35.5. The minimum absolute atomic E-state index is 0. The highest BCUT2D eigenvalue weighted by Crippen LogP contribution is 2.23. The van der Waals surface area contributed by atoms with E-state index in [2.05, 4.69) is 25.8 Å². The number of carbonyl (C=O) groups is 1. The zero-order chi connectivity index (χ0) is 14.8. The lowest BCUT2D eigenvalue weighted by atomic mass is 10.1. The summed E-state index contributed by atoms with van der Waals surface area (Å²) in [7, 11) is 1.52. The van der Waals surface area contributed by atoms with Gasteiger partial charge in [-0.3, -0.25) is 9.89 Å². The van der Waals surface area contributed by atoms with Crippen LogP contribution in [0.3, 0.4) is 0 Å². The van der Waals surface area contributed by atoms with Gasteiger partial charge in [-0.2, -0.15) is 5.10 Å². The molecule has 0 atom stereocenters. The highest BCUT2D eigenvalue weighted by molar-refractivity contribution is 6.04. The van der Waals surface area contributed by atoms with E-state index in [1.54, 1.807) is 6.20 Å². The van der Waals surface area contributed by atoms with Crippen molar-refractivity contribution < 1.29 is 9.53 Å². The quantitative estimate of drug-likeness (QED) is 0.795. The molecule has 2 aromatic heterocycles. The minimum Gasteiger partial charge on any atom is -0.480 e. The van der Waals surface area contributed by atoms with Crippen LogP contribution >= 0.6 is 12.4 Å². The van der Waals surface area contributed by atoms with Crippen molar-refractivity contribution in [2.24, 2.45) is 0 Å². The Labute approximate surface area is 134 Å². The van der Waals surface area contributed by atoms with E-state index in [0.29, 0.717) is 23.8 Å². The van der Waals surface area contributed by atoms with E-state index >= 15 is 0 Å². The van der Waals surface area contributed by atoms with Crippen molar-refractivity contribution >= 4 is 24.0 Å². The number of anilines is 1. The maximum atomic E-state index is 12.4. The van der Waals surface area contributed by atoms with E-state index in [9.17, 15) is 4.79 Å². The Morgan fingerprint density at radius 1 is 1.45 bits per heavy atom. The lowest BCUT2D eigenvalue weighted by Crippen LogP contribution is -2.25. The zero-order valence-corrected chi connectivity index (χ0v) is 13.2. The molecule has 3 rings (SSSR count). The van der Waals surface area contributed by atoms with E-state index in [4.69, 9.17) is 4.74 Å². The first-order valence-corrected chi connectivity index (χ1v) is 6.78. The molecule has 8 heteroatoms. The number of ether oxygens (including phenoxy) is 1. The average molecular weight is 324 g/mol. The largest absolute Gasteiger partial charge is 0.480 e. The number of aromatic nitrogens is 3. The number of carbonyl (C=O) groups excluding carboxylic acids is 1. The van der Waals surface area contributed by atoms with Crippen molar-refractivity contribution in [3.05, 3.63) is 34.8 Å². The third-order valence-electron chi connectivity index (χ3n) is 3.45. The standard InChI is InChI=1S/C14H17N5O2.ClH/c1-8-5-11(14(21-2)16-6-8)17-13(20)12-9-7-15-4-3-10(9)18-19-12;/h5-6,15H,3-4,7H2,1-2H3,(H,17,20)(H,18,19);1H. The fourth-order valence-corrected chi connectivity index (χ4v) is 2.40. The van der Waals surface area contributed by atoms with Gasteiger partial charge in [0, 0.05) is 37.0 Å². The molecule has 0 saturated heterocycles. The number of rotatable bonds is 3. The fraction of sp³-hybridized carbons (Fsp3) is 0.357. The molecule has 0 aliphatic carbocycles. The Morgan fingerprint density at radius 3 is 3.05 bits per heavy atom. The number of halogens is 1. The van der Waals surface area contributed by atoms with Crippen LogP contribution < -0.4 is 15.4 Å². The van der Waals surface area contributed by atoms with Gasteiger partial charge in [0.1, 0.15) is 5.69 Å². The number of nitrogens with one attached hydrogen (secondary N) is 3. The highest BCUT2D eigenvalue weighted by Gasteiger charge is 2.22. The summed E-state index contributed by atoms with van der Waals surface area (Å²) in [5.74, 6) is 0.123. The number of methoxy groups -OCH3 is 1. The molecule has 0 bridgehead atoms. The second-order valence-electron chi connectivity index (χ2n) is 4.98. The predicted octanol–water partition coefficient (Wildman–Crippen LogP) is 1.44. The van der Waals surface area contributed by atoms with E-state index in [1.165, 1.54) is 7.11 Å². The van der Waals surface area contributed by atoms with Crippen LogP contribution in [-0.4, -0.2) is 34.7 Å². The van der Waals surface area contributed by atoms with E-state index in [-0.39, 0.29) is 18.3 Å². The molecule has 0 spiro atoms. The predicted molar refractivity (Wildman–Crippen MR) is 84.7 cm³/mol. The Morgan fingerprint density at radius 2 is 2.27 bits per heavy atom. The van der Waals surface area contributed by atoms with Crippen molar-refractivity contribution in [1.82, 2.24) is 20.5 Å².